The number of carbonyl (C=O) groups is 1. The van der Waals surface area contributed by atoms with Crippen LogP contribution in [0.1, 0.15) is 28.4 Å². The summed E-state index contributed by atoms with van der Waals surface area (Å²) >= 11 is 0. The number of hydrogen-bond donors (Lipinski definition) is 1. The van der Waals surface area contributed by atoms with Crippen LogP contribution in [0.2, 0.25) is 0 Å². The number of hydrogen-bond acceptors (Lipinski definition) is 4. The molecular formula is C24H21N3O2. The molecule has 0 unspecified atom stereocenters. The number of nitrogens with zero attached hydrogens (tertiary/aromatic N) is 2. The standard InChI is InChI=1S/C24H21N3O2/c1-3-17-10-14-19(15-11-17)25-23(28)20-6-4-5-7-21(20)24-26-22(27-29-24)18-12-8-16(2)9-13-18/h4-15H,3H2,1-2H3,(H,25,28). The second-order valence-electron chi connectivity index (χ2n) is 6.84. The normalized spacial score (nSPS) is 10.7. The van der Waals surface area contributed by atoms with Gasteiger partial charge in [-0.2, -0.15) is 4.98 Å². The molecular weight excluding hydrogens is 362 g/mol. The topological polar surface area (TPSA) is 68.0 Å². The van der Waals surface area contributed by atoms with E-state index in [-0.39, 0.29) is 5.91 Å². The number of amides is 1. The van der Waals surface area contributed by atoms with Gasteiger partial charge in [-0.05, 0) is 43.2 Å². The Morgan fingerprint density at radius 3 is 2.41 bits per heavy atom. The van der Waals surface area contributed by atoms with E-state index >= 15 is 0 Å². The van der Waals surface area contributed by atoms with E-state index in [4.69, 9.17) is 4.52 Å². The van der Waals surface area contributed by atoms with Crippen molar-refractivity contribution in [3.05, 3.63) is 89.5 Å². The first-order valence-corrected chi connectivity index (χ1v) is 9.54. The summed E-state index contributed by atoms with van der Waals surface area (Å²) in [5.41, 5.74) is 5.06. The van der Waals surface area contributed by atoms with Gasteiger partial charge in [-0.15, -0.1) is 0 Å². The number of rotatable bonds is 5. The van der Waals surface area contributed by atoms with Crippen molar-refractivity contribution in [1.82, 2.24) is 10.1 Å². The summed E-state index contributed by atoms with van der Waals surface area (Å²) in [5.74, 6) is 0.581. The molecule has 4 aromatic rings. The molecule has 0 saturated heterocycles. The molecule has 5 heteroatoms. The Morgan fingerprint density at radius 1 is 0.966 bits per heavy atom. The number of aryl methyl sites for hydroxylation is 2. The molecule has 0 spiro atoms. The fourth-order valence-electron chi connectivity index (χ4n) is 3.04. The third-order valence-corrected chi connectivity index (χ3v) is 4.76. The molecule has 0 aliphatic rings. The van der Waals surface area contributed by atoms with E-state index in [1.165, 1.54) is 5.56 Å². The highest BCUT2D eigenvalue weighted by molar-refractivity contribution is 6.08. The number of carbonyl (C=O) groups excluding carboxylic acids is 1. The van der Waals surface area contributed by atoms with Gasteiger partial charge in [-0.1, -0.05) is 66.2 Å². The smallest absolute Gasteiger partial charge is 0.259 e. The van der Waals surface area contributed by atoms with Crippen molar-refractivity contribution >= 4 is 11.6 Å². The first-order chi connectivity index (χ1) is 14.1. The maximum atomic E-state index is 12.9. The van der Waals surface area contributed by atoms with E-state index in [0.29, 0.717) is 22.8 Å². The van der Waals surface area contributed by atoms with E-state index in [9.17, 15) is 4.79 Å². The maximum Gasteiger partial charge on any atom is 0.259 e. The van der Waals surface area contributed by atoms with E-state index in [1.54, 1.807) is 6.07 Å². The Balaban J connectivity index is 1.61. The Morgan fingerprint density at radius 2 is 1.69 bits per heavy atom. The molecule has 0 bridgehead atoms. The molecule has 0 atom stereocenters. The zero-order valence-corrected chi connectivity index (χ0v) is 16.3. The first-order valence-electron chi connectivity index (χ1n) is 9.54. The molecule has 0 saturated carbocycles. The van der Waals surface area contributed by atoms with Gasteiger partial charge in [0.15, 0.2) is 0 Å². The highest BCUT2D eigenvalue weighted by Gasteiger charge is 2.18. The van der Waals surface area contributed by atoms with Gasteiger partial charge in [0.1, 0.15) is 0 Å². The maximum absolute atomic E-state index is 12.9. The summed E-state index contributed by atoms with van der Waals surface area (Å²) in [4.78, 5) is 17.4. The minimum atomic E-state index is -0.222. The van der Waals surface area contributed by atoms with Crippen LogP contribution in [0, 0.1) is 6.92 Å². The number of anilines is 1. The van der Waals surface area contributed by atoms with Crippen LogP contribution >= 0.6 is 0 Å². The van der Waals surface area contributed by atoms with Crippen LogP contribution in [0.3, 0.4) is 0 Å². The van der Waals surface area contributed by atoms with Crippen LogP contribution in [0.5, 0.6) is 0 Å². The van der Waals surface area contributed by atoms with Crippen molar-refractivity contribution < 1.29 is 9.32 Å². The highest BCUT2D eigenvalue weighted by atomic mass is 16.5. The molecule has 0 radical (unpaired) electrons. The fourth-order valence-corrected chi connectivity index (χ4v) is 3.04. The third-order valence-electron chi connectivity index (χ3n) is 4.76. The fraction of sp³-hybridized carbons (Fsp3) is 0.125. The summed E-state index contributed by atoms with van der Waals surface area (Å²) in [5, 5.41) is 7.01. The van der Waals surface area contributed by atoms with Crippen LogP contribution in [-0.4, -0.2) is 16.0 Å². The predicted octanol–water partition coefficient (Wildman–Crippen LogP) is 5.53. The average molecular weight is 383 g/mol. The van der Waals surface area contributed by atoms with E-state index < -0.39 is 0 Å². The van der Waals surface area contributed by atoms with Crippen LogP contribution in [0.4, 0.5) is 5.69 Å². The first kappa shape index (κ1) is 18.6. The lowest BCUT2D eigenvalue weighted by atomic mass is 10.1. The summed E-state index contributed by atoms with van der Waals surface area (Å²) in [6, 6.07) is 22.9. The zero-order chi connectivity index (χ0) is 20.2. The average Bonchev–Trinajstić information content (AvgIpc) is 3.25. The molecule has 4 rings (SSSR count). The van der Waals surface area contributed by atoms with Crippen molar-refractivity contribution in [1.29, 1.82) is 0 Å². The minimum absolute atomic E-state index is 0.222. The third kappa shape index (κ3) is 4.09. The van der Waals surface area contributed by atoms with E-state index in [1.807, 2.05) is 73.7 Å². The number of benzene rings is 3. The second-order valence-corrected chi connectivity index (χ2v) is 6.84. The number of nitrogens with one attached hydrogen (secondary N) is 1. The Hall–Kier alpha value is -3.73. The van der Waals surface area contributed by atoms with Crippen LogP contribution in [-0.2, 0) is 6.42 Å². The van der Waals surface area contributed by atoms with Crippen molar-refractivity contribution in [2.45, 2.75) is 20.3 Å². The Kier molecular flexibility index (Phi) is 5.20. The van der Waals surface area contributed by atoms with E-state index in [0.717, 1.165) is 23.2 Å². The van der Waals surface area contributed by atoms with Gasteiger partial charge in [0, 0.05) is 11.3 Å². The summed E-state index contributed by atoms with van der Waals surface area (Å²) < 4.78 is 5.47. The van der Waals surface area contributed by atoms with Crippen molar-refractivity contribution in [3.63, 3.8) is 0 Å². The molecule has 1 heterocycles. The lowest BCUT2D eigenvalue weighted by Crippen LogP contribution is -2.13. The van der Waals surface area contributed by atoms with Gasteiger partial charge in [-0.3, -0.25) is 4.79 Å². The Bertz CT molecular complexity index is 1130. The Labute approximate surface area is 169 Å². The molecule has 144 valence electrons. The van der Waals surface area contributed by atoms with Crippen LogP contribution in [0.15, 0.2) is 77.3 Å². The molecule has 0 aliphatic heterocycles. The zero-order valence-electron chi connectivity index (χ0n) is 16.3. The molecule has 1 amide bonds. The molecule has 1 aromatic heterocycles. The predicted molar refractivity (Wildman–Crippen MR) is 114 cm³/mol. The number of aromatic nitrogens is 2. The van der Waals surface area contributed by atoms with Crippen molar-refractivity contribution in [2.24, 2.45) is 0 Å². The molecule has 3 aromatic carbocycles. The largest absolute Gasteiger partial charge is 0.334 e. The molecule has 5 nitrogen and oxygen atoms in total. The lowest BCUT2D eigenvalue weighted by Gasteiger charge is -2.08. The van der Waals surface area contributed by atoms with Crippen molar-refractivity contribution in [2.75, 3.05) is 5.32 Å². The SMILES string of the molecule is CCc1ccc(NC(=O)c2ccccc2-c2nc(-c3ccc(C)cc3)no2)cc1. The van der Waals surface area contributed by atoms with Gasteiger partial charge < -0.3 is 9.84 Å². The highest BCUT2D eigenvalue weighted by Crippen LogP contribution is 2.26. The summed E-state index contributed by atoms with van der Waals surface area (Å²) in [7, 11) is 0. The molecule has 0 aliphatic carbocycles. The van der Waals surface area contributed by atoms with Gasteiger partial charge in [0.25, 0.3) is 11.8 Å². The van der Waals surface area contributed by atoms with Crippen LogP contribution < -0.4 is 5.32 Å². The van der Waals surface area contributed by atoms with E-state index in [2.05, 4.69) is 22.4 Å². The van der Waals surface area contributed by atoms with Crippen molar-refractivity contribution in [3.8, 4) is 22.8 Å². The monoisotopic (exact) mass is 383 g/mol. The van der Waals surface area contributed by atoms with Gasteiger partial charge in [0.2, 0.25) is 5.82 Å². The van der Waals surface area contributed by atoms with Gasteiger partial charge in [-0.25, -0.2) is 0 Å². The molecule has 1 N–H and O–H groups in total. The summed E-state index contributed by atoms with van der Waals surface area (Å²) in [6.07, 6.45) is 0.956. The van der Waals surface area contributed by atoms with Gasteiger partial charge >= 0.3 is 0 Å². The molecule has 0 fully saturated rings. The molecule has 29 heavy (non-hydrogen) atoms. The van der Waals surface area contributed by atoms with Crippen LogP contribution in [0.25, 0.3) is 22.8 Å². The lowest BCUT2D eigenvalue weighted by molar-refractivity contribution is 0.102. The summed E-state index contributed by atoms with van der Waals surface area (Å²) in [6.45, 7) is 4.12. The second kappa shape index (κ2) is 8.10. The van der Waals surface area contributed by atoms with Gasteiger partial charge in [0.05, 0.1) is 11.1 Å². The quantitative estimate of drug-likeness (QED) is 0.492. The minimum Gasteiger partial charge on any atom is -0.334 e.